The van der Waals surface area contributed by atoms with Gasteiger partial charge in [0, 0.05) is 17.6 Å². The minimum absolute atomic E-state index is 0.0320. The van der Waals surface area contributed by atoms with E-state index in [2.05, 4.69) is 4.90 Å². The molecule has 1 aromatic carbocycles. The van der Waals surface area contributed by atoms with E-state index < -0.39 is 21.5 Å². The molecular formula is C16H21ClN2O4S. The Morgan fingerprint density at radius 1 is 1.33 bits per heavy atom. The first-order chi connectivity index (χ1) is 11.2. The SMILES string of the molecule is C[C@]1(C(=O)O)C[C@@H](N2CCCC2)CN1S(=O)(=O)c1cccc(Cl)c1. The van der Waals surface area contributed by atoms with Crippen LogP contribution in [0.3, 0.4) is 0 Å². The molecule has 0 aliphatic carbocycles. The molecule has 2 saturated heterocycles. The van der Waals surface area contributed by atoms with Gasteiger partial charge in [0.15, 0.2) is 0 Å². The highest BCUT2D eigenvalue weighted by molar-refractivity contribution is 7.89. The molecule has 0 aromatic heterocycles. The number of hydrogen-bond acceptors (Lipinski definition) is 4. The smallest absolute Gasteiger partial charge is 0.324 e. The monoisotopic (exact) mass is 372 g/mol. The molecule has 132 valence electrons. The van der Waals surface area contributed by atoms with Crippen molar-refractivity contribution in [2.75, 3.05) is 19.6 Å². The topological polar surface area (TPSA) is 77.9 Å². The number of sulfonamides is 1. The molecule has 2 fully saturated rings. The molecule has 2 aliphatic rings. The van der Waals surface area contributed by atoms with Gasteiger partial charge in [-0.25, -0.2) is 8.42 Å². The largest absolute Gasteiger partial charge is 0.480 e. The van der Waals surface area contributed by atoms with E-state index in [0.29, 0.717) is 11.4 Å². The number of aliphatic carboxylic acids is 1. The standard InChI is InChI=1S/C16H21ClN2O4S/c1-16(15(20)21)10-13(18-7-2-3-8-18)11-19(16)24(22,23)14-6-4-5-12(17)9-14/h4-6,9,13H,2-3,7-8,10-11H2,1H3,(H,20,21)/t13-,16-/m1/s1. The molecular weight excluding hydrogens is 352 g/mol. The second kappa shape index (κ2) is 6.29. The maximum Gasteiger partial charge on any atom is 0.324 e. The van der Waals surface area contributed by atoms with Crippen LogP contribution in [0.1, 0.15) is 26.2 Å². The zero-order valence-corrected chi connectivity index (χ0v) is 15.1. The number of nitrogens with zero attached hydrogens (tertiary/aromatic N) is 2. The predicted molar refractivity (Wildman–Crippen MR) is 90.6 cm³/mol. The van der Waals surface area contributed by atoms with Crippen molar-refractivity contribution in [1.82, 2.24) is 9.21 Å². The van der Waals surface area contributed by atoms with Gasteiger partial charge >= 0.3 is 5.97 Å². The van der Waals surface area contributed by atoms with Crippen molar-refractivity contribution in [3.8, 4) is 0 Å². The van der Waals surface area contributed by atoms with E-state index in [1.807, 2.05) is 0 Å². The van der Waals surface area contributed by atoms with Crippen LogP contribution >= 0.6 is 11.6 Å². The molecule has 1 N–H and O–H groups in total. The first kappa shape index (κ1) is 17.7. The lowest BCUT2D eigenvalue weighted by Gasteiger charge is -2.29. The Kier molecular flexibility index (Phi) is 4.63. The van der Waals surface area contributed by atoms with Crippen LogP contribution in [0, 0.1) is 0 Å². The fourth-order valence-electron chi connectivity index (χ4n) is 3.68. The Hall–Kier alpha value is -1.15. The zero-order chi connectivity index (χ0) is 17.5. The van der Waals surface area contributed by atoms with Gasteiger partial charge < -0.3 is 5.11 Å². The van der Waals surface area contributed by atoms with E-state index in [-0.39, 0.29) is 17.5 Å². The summed E-state index contributed by atoms with van der Waals surface area (Å²) in [6.07, 6.45) is 2.44. The minimum atomic E-state index is -3.93. The highest BCUT2D eigenvalue weighted by Gasteiger charge is 2.54. The van der Waals surface area contributed by atoms with Crippen molar-refractivity contribution in [3.05, 3.63) is 29.3 Å². The van der Waals surface area contributed by atoms with Crippen LogP contribution in [0.4, 0.5) is 0 Å². The highest BCUT2D eigenvalue weighted by Crippen LogP contribution is 2.38. The summed E-state index contributed by atoms with van der Waals surface area (Å²) in [5.74, 6) is -1.12. The van der Waals surface area contributed by atoms with E-state index in [4.69, 9.17) is 11.6 Å². The maximum atomic E-state index is 13.1. The first-order valence-corrected chi connectivity index (χ1v) is 9.83. The van der Waals surface area contributed by atoms with E-state index in [1.165, 1.54) is 19.1 Å². The van der Waals surface area contributed by atoms with E-state index >= 15 is 0 Å². The van der Waals surface area contributed by atoms with Crippen molar-refractivity contribution in [2.24, 2.45) is 0 Å². The van der Waals surface area contributed by atoms with Gasteiger partial charge in [-0.15, -0.1) is 0 Å². The van der Waals surface area contributed by atoms with Crippen LogP contribution in [0.15, 0.2) is 29.2 Å². The fraction of sp³-hybridized carbons (Fsp3) is 0.562. The molecule has 2 heterocycles. The Labute approximate surface area is 147 Å². The number of likely N-dealkylation sites (tertiary alicyclic amines) is 1. The maximum absolute atomic E-state index is 13.1. The van der Waals surface area contributed by atoms with Crippen LogP contribution in [0.5, 0.6) is 0 Å². The highest BCUT2D eigenvalue weighted by atomic mass is 35.5. The van der Waals surface area contributed by atoms with Crippen LogP contribution < -0.4 is 0 Å². The molecule has 0 radical (unpaired) electrons. The van der Waals surface area contributed by atoms with Crippen LogP contribution in [-0.2, 0) is 14.8 Å². The third-order valence-corrected chi connectivity index (χ3v) is 7.28. The van der Waals surface area contributed by atoms with Crippen molar-refractivity contribution >= 4 is 27.6 Å². The Morgan fingerprint density at radius 3 is 2.58 bits per heavy atom. The van der Waals surface area contributed by atoms with Gasteiger partial charge in [0.2, 0.25) is 10.0 Å². The van der Waals surface area contributed by atoms with Crippen molar-refractivity contribution in [1.29, 1.82) is 0 Å². The summed E-state index contributed by atoms with van der Waals surface area (Å²) < 4.78 is 27.2. The number of carboxylic acids is 1. The number of halogens is 1. The van der Waals surface area contributed by atoms with Crippen molar-refractivity contribution in [2.45, 2.75) is 42.7 Å². The van der Waals surface area contributed by atoms with Gasteiger partial charge in [0.1, 0.15) is 5.54 Å². The number of carboxylic acid groups (broad SMARTS) is 1. The molecule has 2 aliphatic heterocycles. The molecule has 1 aromatic rings. The van der Waals surface area contributed by atoms with Crippen LogP contribution in [0.2, 0.25) is 5.02 Å². The average Bonchev–Trinajstić information content (AvgIpc) is 3.15. The molecule has 6 nitrogen and oxygen atoms in total. The summed E-state index contributed by atoms with van der Waals surface area (Å²) in [6, 6.07) is 5.90. The van der Waals surface area contributed by atoms with Gasteiger partial charge in [-0.3, -0.25) is 9.69 Å². The van der Waals surface area contributed by atoms with Gasteiger partial charge in [0.05, 0.1) is 4.90 Å². The number of carbonyl (C=O) groups is 1. The molecule has 0 bridgehead atoms. The third kappa shape index (κ3) is 2.94. The van der Waals surface area contributed by atoms with E-state index in [0.717, 1.165) is 30.2 Å². The van der Waals surface area contributed by atoms with Crippen molar-refractivity contribution in [3.63, 3.8) is 0 Å². The molecule has 24 heavy (non-hydrogen) atoms. The first-order valence-electron chi connectivity index (χ1n) is 8.01. The zero-order valence-electron chi connectivity index (χ0n) is 13.5. The lowest BCUT2D eigenvalue weighted by atomic mass is 9.98. The number of hydrogen-bond donors (Lipinski definition) is 1. The van der Waals surface area contributed by atoms with Crippen LogP contribution in [0.25, 0.3) is 0 Å². The Bertz CT molecular complexity index is 748. The average molecular weight is 373 g/mol. The summed E-state index contributed by atoms with van der Waals surface area (Å²) in [5, 5.41) is 10.0. The molecule has 8 heteroatoms. The van der Waals surface area contributed by atoms with E-state index in [9.17, 15) is 18.3 Å². The Morgan fingerprint density at radius 2 is 2.00 bits per heavy atom. The Balaban J connectivity index is 1.98. The van der Waals surface area contributed by atoms with Gasteiger partial charge in [-0.2, -0.15) is 4.31 Å². The lowest BCUT2D eigenvalue weighted by Crippen LogP contribution is -2.50. The summed E-state index contributed by atoms with van der Waals surface area (Å²) in [5.41, 5.74) is -1.45. The summed E-state index contributed by atoms with van der Waals surface area (Å²) >= 11 is 5.92. The molecule has 2 atom stereocenters. The minimum Gasteiger partial charge on any atom is -0.480 e. The normalized spacial score (nSPS) is 29.2. The van der Waals surface area contributed by atoms with Gasteiger partial charge in [-0.1, -0.05) is 17.7 Å². The summed E-state index contributed by atoms with van der Waals surface area (Å²) in [7, 11) is -3.93. The van der Waals surface area contributed by atoms with Gasteiger partial charge in [0.25, 0.3) is 0 Å². The fourth-order valence-corrected chi connectivity index (χ4v) is 5.77. The second-order valence-corrected chi connectivity index (χ2v) is 8.97. The third-order valence-electron chi connectivity index (χ3n) is 5.06. The molecule has 0 amide bonds. The molecule has 0 spiro atoms. The predicted octanol–water partition coefficient (Wildman–Crippen LogP) is 2.04. The van der Waals surface area contributed by atoms with Gasteiger partial charge in [-0.05, 0) is 57.5 Å². The lowest BCUT2D eigenvalue weighted by molar-refractivity contribution is -0.146. The quantitative estimate of drug-likeness (QED) is 0.875. The van der Waals surface area contributed by atoms with E-state index in [1.54, 1.807) is 12.1 Å². The molecule has 3 rings (SSSR count). The molecule has 0 saturated carbocycles. The van der Waals surface area contributed by atoms with Crippen molar-refractivity contribution < 1.29 is 18.3 Å². The summed E-state index contributed by atoms with van der Waals surface area (Å²) in [4.78, 5) is 14.1. The second-order valence-electron chi connectivity index (χ2n) is 6.67. The molecule has 0 unspecified atom stereocenters. The summed E-state index contributed by atoms with van der Waals surface area (Å²) in [6.45, 7) is 3.47. The van der Waals surface area contributed by atoms with Crippen LogP contribution in [-0.4, -0.2) is 59.9 Å². The number of rotatable bonds is 4. The number of benzene rings is 1.